The van der Waals surface area contributed by atoms with Crippen LogP contribution in [0, 0.1) is 12.7 Å². The summed E-state index contributed by atoms with van der Waals surface area (Å²) in [6.07, 6.45) is 2.54. The first-order valence-electron chi connectivity index (χ1n) is 8.07. The van der Waals surface area contributed by atoms with Gasteiger partial charge in [-0.3, -0.25) is 4.79 Å². The summed E-state index contributed by atoms with van der Waals surface area (Å²) < 4.78 is 43.9. The van der Waals surface area contributed by atoms with E-state index < -0.39 is 9.84 Å². The molecule has 0 saturated heterocycles. The fraction of sp³-hybridized carbons (Fsp3) is 0.211. The Morgan fingerprint density at radius 2 is 1.85 bits per heavy atom. The average Bonchev–Trinajstić information content (AvgIpc) is 2.84. The summed E-state index contributed by atoms with van der Waals surface area (Å²) in [4.78, 5) is 12.2. The zero-order valence-corrected chi connectivity index (χ0v) is 16.7. The van der Waals surface area contributed by atoms with Gasteiger partial charge in [0, 0.05) is 29.8 Å². The number of nitrogens with zero attached hydrogens (tertiary/aromatic N) is 1. The van der Waals surface area contributed by atoms with Gasteiger partial charge in [-0.15, -0.1) is 0 Å². The van der Waals surface area contributed by atoms with Crippen LogP contribution in [0.3, 0.4) is 0 Å². The van der Waals surface area contributed by atoms with Gasteiger partial charge in [-0.25, -0.2) is 12.8 Å². The Morgan fingerprint density at radius 3 is 2.44 bits per heavy atom. The van der Waals surface area contributed by atoms with Crippen LogP contribution in [0.5, 0.6) is 0 Å². The van der Waals surface area contributed by atoms with Crippen LogP contribution in [0.25, 0.3) is 5.52 Å². The lowest BCUT2D eigenvalue weighted by Crippen LogP contribution is -1.99. The van der Waals surface area contributed by atoms with Crippen LogP contribution in [0.2, 0.25) is 0 Å². The fourth-order valence-corrected chi connectivity index (χ4v) is 4.39. The summed E-state index contributed by atoms with van der Waals surface area (Å²) in [6, 6.07) is 9.53. The Bertz CT molecular complexity index is 1120. The lowest BCUT2D eigenvalue weighted by atomic mass is 10.2. The zero-order valence-electron chi connectivity index (χ0n) is 15.0. The number of sulfone groups is 1. The van der Waals surface area contributed by atoms with Gasteiger partial charge >= 0.3 is 5.97 Å². The van der Waals surface area contributed by atoms with Gasteiger partial charge in [-0.05, 0) is 48.9 Å². The van der Waals surface area contributed by atoms with Crippen molar-refractivity contribution in [3.05, 3.63) is 59.5 Å². The highest BCUT2D eigenvalue weighted by atomic mass is 32.2. The topological polar surface area (TPSA) is 64.9 Å². The summed E-state index contributed by atoms with van der Waals surface area (Å²) >= 11 is 1.39. The van der Waals surface area contributed by atoms with Crippen molar-refractivity contribution in [2.45, 2.75) is 35.3 Å². The Kier molecular flexibility index (Phi) is 5.30. The molecule has 0 aliphatic carbocycles. The number of carbonyl (C=O) groups is 1. The molecule has 0 bridgehead atoms. The number of halogens is 1. The number of hydrogen-bond donors (Lipinski definition) is 0. The van der Waals surface area contributed by atoms with Crippen molar-refractivity contribution in [3.8, 4) is 0 Å². The van der Waals surface area contributed by atoms with E-state index in [2.05, 4.69) is 0 Å². The Labute approximate surface area is 161 Å². The molecular formula is C19H18FNO4S2. The molecule has 2 heterocycles. The number of benzene rings is 1. The van der Waals surface area contributed by atoms with Crippen molar-refractivity contribution in [3.63, 3.8) is 0 Å². The van der Waals surface area contributed by atoms with Gasteiger partial charge in [0.05, 0.1) is 15.4 Å². The number of aromatic nitrogens is 1. The quantitative estimate of drug-likeness (QED) is 0.598. The van der Waals surface area contributed by atoms with E-state index in [1.54, 1.807) is 34.7 Å². The molecule has 3 rings (SSSR count). The zero-order chi connectivity index (χ0) is 19.8. The number of rotatable bonds is 5. The van der Waals surface area contributed by atoms with Crippen LogP contribution in [0.1, 0.15) is 18.1 Å². The highest BCUT2D eigenvalue weighted by Crippen LogP contribution is 2.36. The van der Waals surface area contributed by atoms with Gasteiger partial charge in [0.2, 0.25) is 0 Å². The maximum Gasteiger partial charge on any atom is 0.302 e. The maximum absolute atomic E-state index is 13.8. The molecule has 0 N–H and O–H groups in total. The summed E-state index contributed by atoms with van der Waals surface area (Å²) in [6.45, 7) is 3.33. The third-order valence-corrected chi connectivity index (χ3v) is 6.43. The molecule has 5 nitrogen and oxygen atoms in total. The molecule has 1 aromatic carbocycles. The van der Waals surface area contributed by atoms with Crippen molar-refractivity contribution in [2.24, 2.45) is 0 Å². The summed E-state index contributed by atoms with van der Waals surface area (Å²) in [5.74, 6) is -0.771. The second-order valence-corrected chi connectivity index (χ2v) is 9.22. The minimum Gasteiger partial charge on any atom is -0.461 e. The Hall–Kier alpha value is -2.32. The molecule has 8 heteroatoms. The predicted molar refractivity (Wildman–Crippen MR) is 101 cm³/mol. The van der Waals surface area contributed by atoms with Crippen molar-refractivity contribution in [1.82, 2.24) is 4.40 Å². The summed E-state index contributed by atoms with van der Waals surface area (Å²) in [5.41, 5.74) is 2.44. The van der Waals surface area contributed by atoms with Crippen LogP contribution in [-0.4, -0.2) is 25.0 Å². The lowest BCUT2D eigenvalue weighted by molar-refractivity contribution is -0.142. The molecule has 0 atom stereocenters. The van der Waals surface area contributed by atoms with Gasteiger partial charge in [0.1, 0.15) is 12.4 Å². The second kappa shape index (κ2) is 7.36. The number of fused-ring (bicyclic) bond motifs is 1. The van der Waals surface area contributed by atoms with Crippen LogP contribution >= 0.6 is 11.8 Å². The molecule has 0 radical (unpaired) electrons. The number of hydrogen-bond acceptors (Lipinski definition) is 5. The molecule has 142 valence electrons. The average molecular weight is 407 g/mol. The van der Waals surface area contributed by atoms with Gasteiger partial charge in [0.15, 0.2) is 9.84 Å². The minimum absolute atomic E-state index is 0.101. The van der Waals surface area contributed by atoms with Crippen LogP contribution in [0.4, 0.5) is 4.39 Å². The summed E-state index contributed by atoms with van der Waals surface area (Å²) in [5, 5.41) is 0.777. The van der Waals surface area contributed by atoms with E-state index in [1.807, 2.05) is 6.92 Å². The van der Waals surface area contributed by atoms with Gasteiger partial charge in [0.25, 0.3) is 0 Å². The van der Waals surface area contributed by atoms with Gasteiger partial charge in [-0.1, -0.05) is 11.8 Å². The molecule has 0 spiro atoms. The molecule has 0 aliphatic heterocycles. The largest absolute Gasteiger partial charge is 0.461 e. The highest BCUT2D eigenvalue weighted by molar-refractivity contribution is 7.99. The maximum atomic E-state index is 13.8. The van der Waals surface area contributed by atoms with E-state index in [1.165, 1.54) is 30.9 Å². The number of pyridine rings is 1. The van der Waals surface area contributed by atoms with E-state index in [-0.39, 0.29) is 23.3 Å². The second-order valence-electron chi connectivity index (χ2n) is 6.14. The van der Waals surface area contributed by atoms with E-state index in [9.17, 15) is 17.6 Å². The van der Waals surface area contributed by atoms with Crippen LogP contribution in [-0.2, 0) is 26.0 Å². The predicted octanol–water partition coefficient (Wildman–Crippen LogP) is 4.00. The van der Waals surface area contributed by atoms with Crippen molar-refractivity contribution in [2.75, 3.05) is 6.26 Å². The molecule has 2 aromatic heterocycles. The third kappa shape index (κ3) is 4.17. The molecule has 0 unspecified atom stereocenters. The molecule has 3 aromatic rings. The Morgan fingerprint density at radius 1 is 1.19 bits per heavy atom. The number of ether oxygens (including phenoxy) is 1. The SMILES string of the molecule is CC(=O)OCc1c(C)c(Sc2ccc(S(C)(=O)=O)cc2)n2cc(F)ccc12. The molecule has 0 saturated carbocycles. The van der Waals surface area contributed by atoms with E-state index in [0.29, 0.717) is 0 Å². The molecule has 0 amide bonds. The monoisotopic (exact) mass is 407 g/mol. The third-order valence-electron chi connectivity index (χ3n) is 4.10. The van der Waals surface area contributed by atoms with Gasteiger partial charge < -0.3 is 9.14 Å². The lowest BCUT2D eigenvalue weighted by Gasteiger charge is -2.06. The molecule has 0 fully saturated rings. The normalized spacial score (nSPS) is 11.7. The number of esters is 1. The molecular weight excluding hydrogens is 389 g/mol. The van der Waals surface area contributed by atoms with Crippen molar-refractivity contribution < 1.29 is 22.3 Å². The van der Waals surface area contributed by atoms with Crippen LogP contribution < -0.4 is 0 Å². The van der Waals surface area contributed by atoms with Crippen molar-refractivity contribution >= 4 is 33.1 Å². The first-order valence-corrected chi connectivity index (χ1v) is 10.8. The minimum atomic E-state index is -3.26. The van der Waals surface area contributed by atoms with Gasteiger partial charge in [-0.2, -0.15) is 0 Å². The first kappa shape index (κ1) is 19.4. The Balaban J connectivity index is 2.04. The standard InChI is InChI=1S/C19H18FNO4S2/c1-12-17(11-25-13(2)22)18-9-4-14(20)10-21(18)19(12)26-15-5-7-16(8-6-15)27(3,23)24/h4-10H,11H2,1-3H3. The van der Waals surface area contributed by atoms with E-state index in [4.69, 9.17) is 4.74 Å². The number of carbonyl (C=O) groups excluding carboxylic acids is 1. The first-order chi connectivity index (χ1) is 12.7. The van der Waals surface area contributed by atoms with E-state index >= 15 is 0 Å². The molecule has 0 aliphatic rings. The van der Waals surface area contributed by atoms with Crippen molar-refractivity contribution in [1.29, 1.82) is 0 Å². The highest BCUT2D eigenvalue weighted by Gasteiger charge is 2.18. The van der Waals surface area contributed by atoms with E-state index in [0.717, 1.165) is 32.8 Å². The fourth-order valence-electron chi connectivity index (χ4n) is 2.74. The van der Waals surface area contributed by atoms with Crippen LogP contribution in [0.15, 0.2) is 57.4 Å². The molecule has 27 heavy (non-hydrogen) atoms. The smallest absolute Gasteiger partial charge is 0.302 e. The summed E-state index contributed by atoms with van der Waals surface area (Å²) in [7, 11) is -3.26.